The van der Waals surface area contributed by atoms with E-state index >= 15 is 0 Å². The van der Waals surface area contributed by atoms with E-state index in [9.17, 15) is 4.79 Å². The Bertz CT molecular complexity index is 1150. The van der Waals surface area contributed by atoms with E-state index in [-0.39, 0.29) is 11.6 Å². The number of aromatic nitrogens is 4. The van der Waals surface area contributed by atoms with Crippen molar-refractivity contribution in [3.63, 3.8) is 0 Å². The molecule has 6 nitrogen and oxygen atoms in total. The van der Waals surface area contributed by atoms with E-state index in [0.29, 0.717) is 22.1 Å². The summed E-state index contributed by atoms with van der Waals surface area (Å²) in [4.78, 5) is 12.6. The van der Waals surface area contributed by atoms with Crippen LogP contribution in [0.15, 0.2) is 54.7 Å². The molecule has 2 aromatic carbocycles. The Labute approximate surface area is 160 Å². The predicted octanol–water partition coefficient (Wildman–Crippen LogP) is 4.31. The quantitative estimate of drug-likeness (QED) is 0.577. The lowest BCUT2D eigenvalue weighted by molar-refractivity contribution is 0.102. The van der Waals surface area contributed by atoms with Gasteiger partial charge in [-0.2, -0.15) is 5.10 Å². The summed E-state index contributed by atoms with van der Waals surface area (Å²) in [7, 11) is 0. The summed E-state index contributed by atoms with van der Waals surface area (Å²) in [5, 5.41) is 16.3. The second-order valence-corrected chi connectivity index (χ2v) is 6.69. The van der Waals surface area contributed by atoms with Gasteiger partial charge in [0.05, 0.1) is 11.9 Å². The van der Waals surface area contributed by atoms with Crippen LogP contribution in [0.3, 0.4) is 0 Å². The summed E-state index contributed by atoms with van der Waals surface area (Å²) in [5.74, 6) is -0.323. The fraction of sp³-hybridized carbons (Fsp3) is 0.100. The second-order valence-electron chi connectivity index (χ2n) is 6.26. The number of hydrogen-bond donors (Lipinski definition) is 1. The van der Waals surface area contributed by atoms with E-state index < -0.39 is 0 Å². The summed E-state index contributed by atoms with van der Waals surface area (Å²) in [5.41, 5.74) is 4.96. The topological polar surface area (TPSA) is 72.2 Å². The molecule has 0 atom stereocenters. The van der Waals surface area contributed by atoms with E-state index in [1.165, 1.54) is 0 Å². The molecule has 0 aliphatic rings. The number of halogens is 1. The fourth-order valence-electron chi connectivity index (χ4n) is 2.91. The van der Waals surface area contributed by atoms with Gasteiger partial charge in [-0.05, 0) is 49.2 Å². The molecule has 0 aliphatic heterocycles. The van der Waals surface area contributed by atoms with E-state index in [0.717, 1.165) is 16.7 Å². The van der Waals surface area contributed by atoms with Crippen LogP contribution in [0.4, 0.5) is 5.69 Å². The molecule has 2 heterocycles. The number of carbonyl (C=O) groups excluding carboxylic acids is 1. The molecule has 2 aromatic heterocycles. The Morgan fingerprint density at radius 1 is 1.07 bits per heavy atom. The summed E-state index contributed by atoms with van der Waals surface area (Å²) in [6.07, 6.45) is 1.71. The molecule has 0 radical (unpaired) electrons. The molecule has 0 fully saturated rings. The molecule has 7 heteroatoms. The largest absolute Gasteiger partial charge is 0.321 e. The maximum Gasteiger partial charge on any atom is 0.278 e. The van der Waals surface area contributed by atoms with Crippen LogP contribution in [0.1, 0.15) is 21.7 Å². The van der Waals surface area contributed by atoms with Gasteiger partial charge in [0, 0.05) is 16.3 Å². The zero-order chi connectivity index (χ0) is 19.0. The van der Waals surface area contributed by atoms with Crippen molar-refractivity contribution in [1.82, 2.24) is 19.8 Å². The molecule has 27 heavy (non-hydrogen) atoms. The standard InChI is InChI=1S/C20H16ClN5O/c1-12-4-3-5-16(10-12)23-20(27)18-13(2)26-19(25-24-18)17(11-22-26)14-6-8-15(21)9-7-14/h3-11H,1-2H3,(H,23,27). The van der Waals surface area contributed by atoms with Crippen molar-refractivity contribution >= 4 is 28.8 Å². The minimum Gasteiger partial charge on any atom is -0.321 e. The number of benzene rings is 2. The summed E-state index contributed by atoms with van der Waals surface area (Å²) in [6.45, 7) is 3.76. The monoisotopic (exact) mass is 377 g/mol. The van der Waals surface area contributed by atoms with Crippen molar-refractivity contribution in [2.45, 2.75) is 13.8 Å². The highest BCUT2D eigenvalue weighted by molar-refractivity contribution is 6.30. The average Bonchev–Trinajstić information content (AvgIpc) is 3.07. The molecule has 0 unspecified atom stereocenters. The highest BCUT2D eigenvalue weighted by atomic mass is 35.5. The Morgan fingerprint density at radius 3 is 2.59 bits per heavy atom. The van der Waals surface area contributed by atoms with E-state index in [1.54, 1.807) is 17.6 Å². The first-order chi connectivity index (χ1) is 13.0. The van der Waals surface area contributed by atoms with E-state index in [2.05, 4.69) is 20.6 Å². The van der Waals surface area contributed by atoms with Crippen molar-refractivity contribution < 1.29 is 4.79 Å². The number of fused-ring (bicyclic) bond motifs is 1. The van der Waals surface area contributed by atoms with Crippen LogP contribution in [0, 0.1) is 13.8 Å². The Morgan fingerprint density at radius 2 is 1.85 bits per heavy atom. The molecule has 0 bridgehead atoms. The van der Waals surface area contributed by atoms with Crippen LogP contribution in [0.2, 0.25) is 5.02 Å². The molecular weight excluding hydrogens is 362 g/mol. The molecule has 134 valence electrons. The third-order valence-corrected chi connectivity index (χ3v) is 4.55. The molecule has 1 amide bonds. The number of rotatable bonds is 3. The summed E-state index contributed by atoms with van der Waals surface area (Å²) in [6, 6.07) is 15.0. The van der Waals surface area contributed by atoms with Crippen LogP contribution in [0.25, 0.3) is 16.8 Å². The maximum atomic E-state index is 12.6. The van der Waals surface area contributed by atoms with Gasteiger partial charge in [0.25, 0.3) is 5.91 Å². The predicted molar refractivity (Wildman–Crippen MR) is 105 cm³/mol. The minimum absolute atomic E-state index is 0.231. The second kappa shape index (κ2) is 6.81. The molecular formula is C20H16ClN5O. The van der Waals surface area contributed by atoms with Crippen molar-refractivity contribution in [2.75, 3.05) is 5.32 Å². The van der Waals surface area contributed by atoms with Gasteiger partial charge in [0.2, 0.25) is 0 Å². The molecule has 1 N–H and O–H groups in total. The number of aryl methyl sites for hydroxylation is 2. The summed E-state index contributed by atoms with van der Waals surface area (Å²) < 4.78 is 1.63. The number of hydrogen-bond acceptors (Lipinski definition) is 4. The van der Waals surface area contributed by atoms with Gasteiger partial charge in [-0.25, -0.2) is 4.52 Å². The van der Waals surface area contributed by atoms with Gasteiger partial charge in [0.1, 0.15) is 0 Å². The highest BCUT2D eigenvalue weighted by Gasteiger charge is 2.18. The molecule has 0 saturated heterocycles. The lowest BCUT2D eigenvalue weighted by Gasteiger charge is -2.08. The van der Waals surface area contributed by atoms with Crippen LogP contribution in [-0.4, -0.2) is 25.7 Å². The van der Waals surface area contributed by atoms with E-state index in [4.69, 9.17) is 11.6 Å². The zero-order valence-corrected chi connectivity index (χ0v) is 15.5. The molecule has 0 saturated carbocycles. The van der Waals surface area contributed by atoms with Crippen molar-refractivity contribution in [2.24, 2.45) is 0 Å². The maximum absolute atomic E-state index is 12.6. The third kappa shape index (κ3) is 3.27. The number of carbonyl (C=O) groups is 1. The zero-order valence-electron chi connectivity index (χ0n) is 14.8. The molecule has 0 spiro atoms. The minimum atomic E-state index is -0.323. The highest BCUT2D eigenvalue weighted by Crippen LogP contribution is 2.25. The summed E-state index contributed by atoms with van der Waals surface area (Å²) >= 11 is 5.96. The van der Waals surface area contributed by atoms with Gasteiger partial charge < -0.3 is 5.32 Å². The van der Waals surface area contributed by atoms with E-state index in [1.807, 2.05) is 55.5 Å². The van der Waals surface area contributed by atoms with Gasteiger partial charge in [-0.1, -0.05) is 35.9 Å². The van der Waals surface area contributed by atoms with Gasteiger partial charge in [-0.3, -0.25) is 4.79 Å². The van der Waals surface area contributed by atoms with Crippen molar-refractivity contribution in [3.8, 4) is 11.1 Å². The fourth-order valence-corrected chi connectivity index (χ4v) is 3.04. The molecule has 4 aromatic rings. The first-order valence-corrected chi connectivity index (χ1v) is 8.76. The third-order valence-electron chi connectivity index (χ3n) is 4.30. The number of anilines is 1. The number of nitrogens with zero attached hydrogens (tertiary/aromatic N) is 4. The SMILES string of the molecule is Cc1cccc(NC(=O)c2nnc3c(-c4ccc(Cl)cc4)cnn3c2C)c1. The number of amides is 1. The normalized spacial score (nSPS) is 10.9. The van der Waals surface area contributed by atoms with Gasteiger partial charge >= 0.3 is 0 Å². The van der Waals surface area contributed by atoms with Crippen molar-refractivity contribution in [3.05, 3.63) is 76.7 Å². The average molecular weight is 378 g/mol. The van der Waals surface area contributed by atoms with Gasteiger partial charge in [-0.15, -0.1) is 10.2 Å². The molecule has 0 aliphatic carbocycles. The first-order valence-electron chi connectivity index (χ1n) is 8.38. The Hall–Kier alpha value is -3.25. The van der Waals surface area contributed by atoms with Crippen molar-refractivity contribution in [1.29, 1.82) is 0 Å². The lowest BCUT2D eigenvalue weighted by atomic mass is 10.1. The Kier molecular flexibility index (Phi) is 4.33. The number of nitrogens with one attached hydrogen (secondary N) is 1. The first kappa shape index (κ1) is 17.2. The van der Waals surface area contributed by atoms with Crippen LogP contribution < -0.4 is 5.32 Å². The lowest BCUT2D eigenvalue weighted by Crippen LogP contribution is -2.18. The van der Waals surface area contributed by atoms with Gasteiger partial charge in [0.15, 0.2) is 11.3 Å². The molecule has 4 rings (SSSR count). The van der Waals surface area contributed by atoms with Crippen LogP contribution >= 0.6 is 11.6 Å². The Balaban J connectivity index is 1.70. The van der Waals surface area contributed by atoms with Crippen LogP contribution in [-0.2, 0) is 0 Å². The smallest absolute Gasteiger partial charge is 0.278 e. The van der Waals surface area contributed by atoms with Crippen LogP contribution in [0.5, 0.6) is 0 Å².